The standard InChI is InChI=1S/C11H18O4.Na/c1-4-8(5-2)9(12)7-10(13)11(14)15-6-3;/h7-8,13H,4-6H2,1-3H3;/q;+1/p-1/b10-7-;. The summed E-state index contributed by atoms with van der Waals surface area (Å²) < 4.78 is 4.48. The quantitative estimate of drug-likeness (QED) is 0.227. The monoisotopic (exact) mass is 236 g/mol. The van der Waals surface area contributed by atoms with Crippen LogP contribution in [0.1, 0.15) is 33.6 Å². The Balaban J connectivity index is 0. The number of rotatable bonds is 6. The van der Waals surface area contributed by atoms with Crippen LogP contribution in [0.5, 0.6) is 0 Å². The van der Waals surface area contributed by atoms with Gasteiger partial charge in [0.2, 0.25) is 0 Å². The first-order valence-electron chi connectivity index (χ1n) is 5.16. The van der Waals surface area contributed by atoms with Crippen molar-refractivity contribution in [3.05, 3.63) is 11.8 Å². The summed E-state index contributed by atoms with van der Waals surface area (Å²) >= 11 is 0. The Morgan fingerprint density at radius 2 is 1.75 bits per heavy atom. The SMILES string of the molecule is CCOC(=O)/C([O-])=C/C(=O)C(CC)CC.[Na+]. The fourth-order valence-electron chi connectivity index (χ4n) is 1.20. The number of esters is 1. The summed E-state index contributed by atoms with van der Waals surface area (Å²) in [4.78, 5) is 22.4. The van der Waals surface area contributed by atoms with Crippen molar-refractivity contribution in [1.82, 2.24) is 0 Å². The number of carbonyl (C=O) groups is 2. The maximum absolute atomic E-state index is 11.4. The second-order valence-electron chi connectivity index (χ2n) is 3.14. The minimum atomic E-state index is -0.961. The molecule has 0 unspecified atom stereocenters. The largest absolute Gasteiger partial charge is 1.00 e. The molecular weight excluding hydrogens is 219 g/mol. The third-order valence-electron chi connectivity index (χ3n) is 2.14. The van der Waals surface area contributed by atoms with Gasteiger partial charge in [0.1, 0.15) is 0 Å². The number of allylic oxidation sites excluding steroid dienone is 1. The summed E-state index contributed by atoms with van der Waals surface area (Å²) in [5.74, 6) is -2.30. The number of hydrogen-bond donors (Lipinski definition) is 0. The van der Waals surface area contributed by atoms with Crippen molar-refractivity contribution >= 4 is 11.8 Å². The predicted octanol–water partition coefficient (Wildman–Crippen LogP) is -2.20. The van der Waals surface area contributed by atoms with Crippen molar-refractivity contribution in [3.8, 4) is 0 Å². The van der Waals surface area contributed by atoms with Crippen LogP contribution >= 0.6 is 0 Å². The van der Waals surface area contributed by atoms with E-state index >= 15 is 0 Å². The van der Waals surface area contributed by atoms with Crippen LogP contribution in [0.25, 0.3) is 0 Å². The van der Waals surface area contributed by atoms with Crippen LogP contribution in [0.4, 0.5) is 0 Å². The molecule has 16 heavy (non-hydrogen) atoms. The zero-order chi connectivity index (χ0) is 11.8. The van der Waals surface area contributed by atoms with Crippen molar-refractivity contribution < 1.29 is 49.0 Å². The smallest absolute Gasteiger partial charge is 0.868 e. The summed E-state index contributed by atoms with van der Waals surface area (Å²) in [7, 11) is 0. The molecule has 5 heteroatoms. The van der Waals surface area contributed by atoms with E-state index in [0.717, 1.165) is 6.08 Å². The molecule has 0 aliphatic rings. The molecule has 0 amide bonds. The molecule has 0 bridgehead atoms. The third-order valence-corrected chi connectivity index (χ3v) is 2.14. The summed E-state index contributed by atoms with van der Waals surface area (Å²) in [6, 6.07) is 0. The molecule has 0 aromatic carbocycles. The molecule has 86 valence electrons. The molecule has 0 radical (unpaired) electrons. The Kier molecular flexibility index (Phi) is 11.1. The van der Waals surface area contributed by atoms with Gasteiger partial charge in [-0.3, -0.25) is 4.79 Å². The normalized spacial score (nSPS) is 10.9. The van der Waals surface area contributed by atoms with E-state index in [9.17, 15) is 14.7 Å². The van der Waals surface area contributed by atoms with Crippen LogP contribution in [-0.4, -0.2) is 18.4 Å². The molecule has 0 N–H and O–H groups in total. The third kappa shape index (κ3) is 6.30. The Hall–Kier alpha value is -0.320. The summed E-state index contributed by atoms with van der Waals surface area (Å²) in [5.41, 5.74) is 0. The van der Waals surface area contributed by atoms with Gasteiger partial charge >= 0.3 is 35.5 Å². The molecule has 0 fully saturated rings. The second-order valence-corrected chi connectivity index (χ2v) is 3.14. The molecule has 0 aromatic heterocycles. The first-order valence-corrected chi connectivity index (χ1v) is 5.16. The van der Waals surface area contributed by atoms with E-state index in [1.54, 1.807) is 6.92 Å². The van der Waals surface area contributed by atoms with Crippen molar-refractivity contribution in [2.45, 2.75) is 33.6 Å². The van der Waals surface area contributed by atoms with E-state index in [2.05, 4.69) is 4.74 Å². The summed E-state index contributed by atoms with van der Waals surface area (Å²) in [5, 5.41) is 11.1. The first-order chi connectivity index (χ1) is 7.06. The van der Waals surface area contributed by atoms with Gasteiger partial charge in [-0.2, -0.15) is 0 Å². The van der Waals surface area contributed by atoms with Crippen LogP contribution in [-0.2, 0) is 14.3 Å². The Morgan fingerprint density at radius 1 is 1.25 bits per heavy atom. The van der Waals surface area contributed by atoms with Crippen LogP contribution in [0.3, 0.4) is 0 Å². The number of hydrogen-bond acceptors (Lipinski definition) is 4. The zero-order valence-corrected chi connectivity index (χ0v) is 12.4. The van der Waals surface area contributed by atoms with E-state index in [4.69, 9.17) is 0 Å². The van der Waals surface area contributed by atoms with Crippen molar-refractivity contribution in [1.29, 1.82) is 0 Å². The molecule has 0 heterocycles. The van der Waals surface area contributed by atoms with Crippen molar-refractivity contribution in [2.75, 3.05) is 6.61 Å². The average molecular weight is 236 g/mol. The first kappa shape index (κ1) is 18.1. The fraction of sp³-hybridized carbons (Fsp3) is 0.636. The Morgan fingerprint density at radius 3 is 2.12 bits per heavy atom. The van der Waals surface area contributed by atoms with Gasteiger partial charge in [0, 0.05) is 5.92 Å². The maximum atomic E-state index is 11.4. The van der Waals surface area contributed by atoms with Gasteiger partial charge < -0.3 is 9.84 Å². The number of ether oxygens (including phenoxy) is 1. The van der Waals surface area contributed by atoms with Crippen LogP contribution in [0, 0.1) is 5.92 Å². The molecule has 0 atom stereocenters. The molecule has 0 rings (SSSR count). The minimum Gasteiger partial charge on any atom is -0.868 e. The van der Waals surface area contributed by atoms with E-state index in [0.29, 0.717) is 12.8 Å². The van der Waals surface area contributed by atoms with Gasteiger partial charge in [-0.05, 0) is 31.6 Å². The molecule has 0 saturated heterocycles. The average Bonchev–Trinajstić information content (AvgIpc) is 2.19. The van der Waals surface area contributed by atoms with E-state index < -0.39 is 11.7 Å². The van der Waals surface area contributed by atoms with Crippen molar-refractivity contribution in [2.24, 2.45) is 5.92 Å². The van der Waals surface area contributed by atoms with Crippen LogP contribution in [0.2, 0.25) is 0 Å². The summed E-state index contributed by atoms with van der Waals surface area (Å²) in [6.07, 6.45) is 2.18. The fourth-order valence-corrected chi connectivity index (χ4v) is 1.20. The van der Waals surface area contributed by atoms with Crippen LogP contribution in [0.15, 0.2) is 11.8 Å². The molecule has 0 saturated carbocycles. The van der Waals surface area contributed by atoms with Gasteiger partial charge in [-0.25, -0.2) is 4.79 Å². The van der Waals surface area contributed by atoms with E-state index in [1.165, 1.54) is 0 Å². The molecule has 0 spiro atoms. The summed E-state index contributed by atoms with van der Waals surface area (Å²) in [6.45, 7) is 5.48. The molecule has 4 nitrogen and oxygen atoms in total. The van der Waals surface area contributed by atoms with Gasteiger partial charge in [0.05, 0.1) is 6.61 Å². The van der Waals surface area contributed by atoms with Gasteiger partial charge in [-0.1, -0.05) is 13.8 Å². The van der Waals surface area contributed by atoms with Crippen molar-refractivity contribution in [3.63, 3.8) is 0 Å². The van der Waals surface area contributed by atoms with Gasteiger partial charge in [0.15, 0.2) is 5.78 Å². The predicted molar refractivity (Wildman–Crippen MR) is 53.8 cm³/mol. The number of ketones is 1. The van der Waals surface area contributed by atoms with E-state index in [1.807, 2.05) is 13.8 Å². The minimum absolute atomic E-state index is 0. The number of carbonyl (C=O) groups excluding carboxylic acids is 2. The Labute approximate surface area is 118 Å². The van der Waals surface area contributed by atoms with E-state index in [-0.39, 0.29) is 47.9 Å². The van der Waals surface area contributed by atoms with Gasteiger partial charge in [-0.15, -0.1) is 0 Å². The zero-order valence-electron chi connectivity index (χ0n) is 10.4. The molecule has 0 aliphatic carbocycles. The molecular formula is C11H17NaO4. The Bertz CT molecular complexity index is 257. The van der Waals surface area contributed by atoms with Gasteiger partial charge in [0.25, 0.3) is 0 Å². The molecule has 0 aliphatic heterocycles. The maximum Gasteiger partial charge on any atom is 1.00 e. The molecule has 0 aromatic rings. The topological polar surface area (TPSA) is 66.4 Å². The van der Waals surface area contributed by atoms with Crippen LogP contribution < -0.4 is 34.7 Å². The second kappa shape index (κ2) is 9.87.